The first-order valence-electron chi connectivity index (χ1n) is 7.18. The average Bonchev–Trinajstić information content (AvgIpc) is 2.84. The molecule has 1 fully saturated rings. The van der Waals surface area contributed by atoms with Crippen molar-refractivity contribution in [1.29, 1.82) is 0 Å². The van der Waals surface area contributed by atoms with E-state index in [9.17, 15) is 8.42 Å². The molecule has 2 N–H and O–H groups in total. The van der Waals surface area contributed by atoms with Gasteiger partial charge < -0.3 is 9.47 Å². The molecule has 1 heterocycles. The van der Waals surface area contributed by atoms with Gasteiger partial charge in [0, 0.05) is 15.6 Å². The highest BCUT2D eigenvalue weighted by molar-refractivity contribution is 7.84. The largest absolute Gasteiger partial charge is 0.341 e. The van der Waals surface area contributed by atoms with Crippen LogP contribution in [0.1, 0.15) is 38.4 Å². The summed E-state index contributed by atoms with van der Waals surface area (Å²) in [6, 6.07) is 5.08. The van der Waals surface area contributed by atoms with Crippen molar-refractivity contribution in [2.24, 2.45) is 5.14 Å². The van der Waals surface area contributed by atoms with Crippen LogP contribution in [0.3, 0.4) is 0 Å². The molecular weight excluding hydrogens is 365 g/mol. The van der Waals surface area contributed by atoms with Crippen molar-refractivity contribution in [3.63, 3.8) is 0 Å². The van der Waals surface area contributed by atoms with Crippen molar-refractivity contribution in [2.75, 3.05) is 6.61 Å². The zero-order valence-corrected chi connectivity index (χ0v) is 15.1. The number of ether oxygens (including phenoxy) is 2. The highest BCUT2D eigenvalue weighted by Crippen LogP contribution is 2.46. The van der Waals surface area contributed by atoms with Gasteiger partial charge in [-0.25, -0.2) is 5.14 Å². The van der Waals surface area contributed by atoms with Crippen LogP contribution in [0, 0.1) is 0 Å². The quantitative estimate of drug-likeness (QED) is 0.814. The maximum Gasteiger partial charge on any atom is 0.333 e. The molecule has 1 aliphatic rings. The van der Waals surface area contributed by atoms with Gasteiger partial charge in [-0.3, -0.25) is 4.18 Å². The van der Waals surface area contributed by atoms with Crippen LogP contribution in [0.25, 0.3) is 0 Å². The Labute approximate surface area is 146 Å². The van der Waals surface area contributed by atoms with Crippen LogP contribution < -0.4 is 5.14 Å². The molecule has 2 atom stereocenters. The summed E-state index contributed by atoms with van der Waals surface area (Å²) in [5.41, 5.74) is 0.544. The second-order valence-corrected chi connectivity index (χ2v) is 7.26. The lowest BCUT2D eigenvalue weighted by atomic mass is 10.0. The molecule has 0 spiro atoms. The molecule has 6 nitrogen and oxygen atoms in total. The molecule has 130 valence electrons. The molecular formula is C14H19Cl2NO5S. The van der Waals surface area contributed by atoms with Gasteiger partial charge in [0.15, 0.2) is 5.79 Å². The molecule has 0 radical (unpaired) electrons. The van der Waals surface area contributed by atoms with Crippen LogP contribution in [-0.2, 0) is 24.0 Å². The van der Waals surface area contributed by atoms with Gasteiger partial charge >= 0.3 is 10.3 Å². The summed E-state index contributed by atoms with van der Waals surface area (Å²) in [7, 11) is -4.09. The minimum absolute atomic E-state index is 0.285. The maximum absolute atomic E-state index is 11.1. The van der Waals surface area contributed by atoms with Crippen LogP contribution in [0.5, 0.6) is 0 Å². The third-order valence-electron chi connectivity index (χ3n) is 3.80. The van der Waals surface area contributed by atoms with Gasteiger partial charge in [0.1, 0.15) is 12.2 Å². The summed E-state index contributed by atoms with van der Waals surface area (Å²) in [6.45, 7) is 3.54. The first-order chi connectivity index (χ1) is 10.7. The Morgan fingerprint density at radius 2 is 1.78 bits per heavy atom. The van der Waals surface area contributed by atoms with Crippen LogP contribution in [0.2, 0.25) is 10.0 Å². The van der Waals surface area contributed by atoms with E-state index in [1.807, 2.05) is 13.8 Å². The maximum atomic E-state index is 11.1. The van der Waals surface area contributed by atoms with E-state index in [1.54, 1.807) is 18.2 Å². The monoisotopic (exact) mass is 383 g/mol. The van der Waals surface area contributed by atoms with E-state index < -0.39 is 28.3 Å². The molecule has 2 rings (SSSR count). The van der Waals surface area contributed by atoms with Gasteiger partial charge in [-0.2, -0.15) is 8.42 Å². The molecule has 23 heavy (non-hydrogen) atoms. The first-order valence-corrected chi connectivity index (χ1v) is 9.40. The van der Waals surface area contributed by atoms with Gasteiger partial charge in [-0.1, -0.05) is 43.1 Å². The van der Waals surface area contributed by atoms with E-state index in [1.165, 1.54) is 0 Å². The summed E-state index contributed by atoms with van der Waals surface area (Å²) in [5.74, 6) is -0.848. The summed E-state index contributed by atoms with van der Waals surface area (Å²) in [6.07, 6.45) is -0.203. The molecule has 0 saturated carbocycles. The molecule has 0 bridgehead atoms. The van der Waals surface area contributed by atoms with E-state index >= 15 is 0 Å². The Morgan fingerprint density at radius 3 is 2.26 bits per heavy atom. The Morgan fingerprint density at radius 1 is 1.22 bits per heavy atom. The fourth-order valence-corrected chi connectivity index (χ4v) is 3.50. The highest BCUT2D eigenvalue weighted by atomic mass is 35.5. The summed E-state index contributed by atoms with van der Waals surface area (Å²) >= 11 is 12.5. The van der Waals surface area contributed by atoms with Crippen molar-refractivity contribution < 1.29 is 22.1 Å². The average molecular weight is 384 g/mol. The van der Waals surface area contributed by atoms with Crippen molar-refractivity contribution in [1.82, 2.24) is 0 Å². The zero-order valence-electron chi connectivity index (χ0n) is 12.8. The summed E-state index contributed by atoms with van der Waals surface area (Å²) in [5, 5.41) is 5.72. The van der Waals surface area contributed by atoms with Gasteiger partial charge in [-0.05, 0) is 25.0 Å². The molecule has 0 aromatic heterocycles. The lowest BCUT2D eigenvalue weighted by Crippen LogP contribution is -2.31. The molecule has 1 aromatic carbocycles. The molecule has 0 unspecified atom stereocenters. The highest BCUT2D eigenvalue weighted by Gasteiger charge is 2.47. The van der Waals surface area contributed by atoms with Crippen molar-refractivity contribution in [3.05, 3.63) is 33.8 Å². The Bertz CT molecular complexity index is 643. The molecule has 1 saturated heterocycles. The number of benzene rings is 1. The van der Waals surface area contributed by atoms with Crippen molar-refractivity contribution in [2.45, 2.75) is 44.7 Å². The van der Waals surface area contributed by atoms with Gasteiger partial charge in [0.2, 0.25) is 0 Å². The molecule has 0 amide bonds. The molecule has 9 heteroatoms. The van der Waals surface area contributed by atoms with Crippen LogP contribution >= 0.6 is 23.2 Å². The number of halogens is 2. The van der Waals surface area contributed by atoms with Crippen LogP contribution in [0.15, 0.2) is 18.2 Å². The van der Waals surface area contributed by atoms with E-state index in [2.05, 4.69) is 4.18 Å². The number of rotatable bonds is 6. The van der Waals surface area contributed by atoms with Crippen molar-refractivity contribution >= 4 is 33.5 Å². The minimum atomic E-state index is -4.09. The van der Waals surface area contributed by atoms with Gasteiger partial charge in [0.05, 0.1) is 6.61 Å². The number of nitrogens with two attached hydrogens (primary N) is 1. The first kappa shape index (κ1) is 18.9. The Balaban J connectivity index is 2.36. The third-order valence-corrected chi connectivity index (χ3v) is 4.93. The topological polar surface area (TPSA) is 87.9 Å². The normalized spacial score (nSPS) is 24.0. The second-order valence-electron chi connectivity index (χ2n) is 5.23. The number of hydrogen-bond donors (Lipinski definition) is 1. The smallest absolute Gasteiger partial charge is 0.333 e. The van der Waals surface area contributed by atoms with E-state index in [4.69, 9.17) is 37.8 Å². The lowest BCUT2D eigenvalue weighted by molar-refractivity contribution is -0.181. The molecule has 1 aliphatic heterocycles. The standard InChI is InChI=1S/C14H19Cl2NO5S/c1-3-14(4-2)21-11(8-20-23(17,18)19)13(22-14)12-9(15)6-5-7-10(12)16/h5-7,11,13H,3-4,8H2,1-2H3,(H2,17,18,19)/t11-,13+/m1/s1. The molecule has 0 aliphatic carbocycles. The zero-order chi connectivity index (χ0) is 17.3. The SMILES string of the molecule is CCC1(CC)O[C@H](c2c(Cl)cccc2Cl)[C@@H](COS(N)(=O)=O)O1. The Kier molecular flexibility index (Phi) is 5.94. The van der Waals surface area contributed by atoms with E-state index in [0.717, 1.165) is 0 Å². The minimum Gasteiger partial charge on any atom is -0.341 e. The van der Waals surface area contributed by atoms with Crippen molar-refractivity contribution in [3.8, 4) is 0 Å². The fraction of sp³-hybridized carbons (Fsp3) is 0.571. The van der Waals surface area contributed by atoms with Crippen LogP contribution in [0.4, 0.5) is 0 Å². The fourth-order valence-electron chi connectivity index (χ4n) is 2.57. The van der Waals surface area contributed by atoms with E-state index in [-0.39, 0.29) is 6.61 Å². The third kappa shape index (κ3) is 4.36. The number of hydrogen-bond acceptors (Lipinski definition) is 5. The van der Waals surface area contributed by atoms with E-state index in [0.29, 0.717) is 28.5 Å². The summed E-state index contributed by atoms with van der Waals surface area (Å²) < 4.78 is 38.8. The van der Waals surface area contributed by atoms with Gasteiger partial charge in [0.25, 0.3) is 0 Å². The Hall–Kier alpha value is -0.410. The molecule has 1 aromatic rings. The van der Waals surface area contributed by atoms with Crippen LogP contribution in [-0.4, -0.2) is 26.9 Å². The van der Waals surface area contributed by atoms with Gasteiger partial charge in [-0.15, -0.1) is 0 Å². The lowest BCUT2D eigenvalue weighted by Gasteiger charge is -2.25. The second kappa shape index (κ2) is 7.23. The summed E-state index contributed by atoms with van der Waals surface area (Å²) in [4.78, 5) is 0. The predicted octanol–water partition coefficient (Wildman–Crippen LogP) is 3.19. The predicted molar refractivity (Wildman–Crippen MR) is 87.5 cm³/mol.